The molecular formula is C13H16O4. The van der Waals surface area contributed by atoms with Gasteiger partial charge < -0.3 is 14.6 Å². The van der Waals surface area contributed by atoms with E-state index in [1.54, 1.807) is 0 Å². The van der Waals surface area contributed by atoms with Crippen LogP contribution in [0.25, 0.3) is 0 Å². The minimum atomic E-state index is -0.557. The maximum absolute atomic E-state index is 10.8. The van der Waals surface area contributed by atoms with Gasteiger partial charge in [-0.25, -0.2) is 0 Å². The molecule has 0 bridgehead atoms. The van der Waals surface area contributed by atoms with Crippen LogP contribution in [0.3, 0.4) is 0 Å². The van der Waals surface area contributed by atoms with Crippen molar-refractivity contribution in [2.75, 3.05) is 6.79 Å². The van der Waals surface area contributed by atoms with Crippen molar-refractivity contribution in [2.45, 2.75) is 32.3 Å². The monoisotopic (exact) mass is 236 g/mol. The molecule has 0 fully saturated rings. The Hall–Kier alpha value is -1.55. The Morgan fingerprint density at radius 2 is 2.18 bits per heavy atom. The van der Waals surface area contributed by atoms with Crippen molar-refractivity contribution in [3.8, 4) is 11.5 Å². The highest BCUT2D eigenvalue weighted by Crippen LogP contribution is 2.32. The fourth-order valence-corrected chi connectivity index (χ4v) is 1.86. The van der Waals surface area contributed by atoms with E-state index in [4.69, 9.17) is 9.47 Å². The number of aliphatic hydroxyl groups is 1. The molecule has 1 atom stereocenters. The van der Waals surface area contributed by atoms with Crippen LogP contribution in [0, 0.1) is 0 Å². The van der Waals surface area contributed by atoms with Crippen LogP contribution >= 0.6 is 0 Å². The zero-order valence-corrected chi connectivity index (χ0v) is 9.81. The summed E-state index contributed by atoms with van der Waals surface area (Å²) in [5.74, 6) is 1.53. The van der Waals surface area contributed by atoms with E-state index < -0.39 is 6.10 Å². The number of carbonyl (C=O) groups excluding carboxylic acids is 1. The SMILES string of the molecule is CC(=O)CC(O)CCc1ccc2c(c1)OCO2. The van der Waals surface area contributed by atoms with Gasteiger partial charge in [-0.3, -0.25) is 4.79 Å². The molecule has 1 unspecified atom stereocenters. The first-order valence-corrected chi connectivity index (χ1v) is 5.71. The average Bonchev–Trinajstić information content (AvgIpc) is 2.72. The van der Waals surface area contributed by atoms with Crippen molar-refractivity contribution in [1.82, 2.24) is 0 Å². The van der Waals surface area contributed by atoms with Crippen LogP contribution in [0.4, 0.5) is 0 Å². The third kappa shape index (κ3) is 3.20. The van der Waals surface area contributed by atoms with Gasteiger partial charge in [-0.05, 0) is 37.5 Å². The number of hydrogen-bond donors (Lipinski definition) is 1. The fourth-order valence-electron chi connectivity index (χ4n) is 1.86. The molecule has 1 aliphatic heterocycles. The van der Waals surface area contributed by atoms with Crippen LogP contribution in [-0.4, -0.2) is 23.8 Å². The minimum Gasteiger partial charge on any atom is -0.454 e. The largest absolute Gasteiger partial charge is 0.454 e. The Morgan fingerprint density at radius 3 is 2.94 bits per heavy atom. The molecule has 1 aromatic rings. The van der Waals surface area contributed by atoms with Gasteiger partial charge in [0.05, 0.1) is 6.10 Å². The van der Waals surface area contributed by atoms with Crippen LogP contribution in [0.15, 0.2) is 18.2 Å². The number of aryl methyl sites for hydroxylation is 1. The van der Waals surface area contributed by atoms with Crippen LogP contribution in [0.1, 0.15) is 25.3 Å². The third-order valence-electron chi connectivity index (χ3n) is 2.73. The second kappa shape index (κ2) is 5.19. The highest BCUT2D eigenvalue weighted by Gasteiger charge is 2.14. The highest BCUT2D eigenvalue weighted by molar-refractivity contribution is 5.75. The van der Waals surface area contributed by atoms with Gasteiger partial charge in [0.2, 0.25) is 6.79 Å². The van der Waals surface area contributed by atoms with Crippen LogP contribution in [0.2, 0.25) is 0 Å². The summed E-state index contributed by atoms with van der Waals surface area (Å²) >= 11 is 0. The van der Waals surface area contributed by atoms with Crippen molar-refractivity contribution in [3.63, 3.8) is 0 Å². The first-order chi connectivity index (χ1) is 8.15. The summed E-state index contributed by atoms with van der Waals surface area (Å²) in [6.45, 7) is 1.76. The second-order valence-electron chi connectivity index (χ2n) is 4.29. The topological polar surface area (TPSA) is 55.8 Å². The van der Waals surface area contributed by atoms with E-state index in [9.17, 15) is 9.90 Å². The van der Waals surface area contributed by atoms with Crippen molar-refractivity contribution < 1.29 is 19.4 Å². The highest BCUT2D eigenvalue weighted by atomic mass is 16.7. The molecule has 0 aromatic heterocycles. The molecule has 1 N–H and O–H groups in total. The molecule has 0 saturated heterocycles. The molecule has 92 valence electrons. The molecule has 2 rings (SSSR count). The van der Waals surface area contributed by atoms with E-state index in [2.05, 4.69) is 0 Å². The predicted molar refractivity (Wildman–Crippen MR) is 62.2 cm³/mol. The number of ketones is 1. The Labute approximate surface area is 100 Å². The Bertz CT molecular complexity index is 414. The molecule has 1 aliphatic rings. The van der Waals surface area contributed by atoms with Crippen molar-refractivity contribution in [1.29, 1.82) is 0 Å². The summed E-state index contributed by atoms with van der Waals surface area (Å²) in [7, 11) is 0. The molecule has 0 aliphatic carbocycles. The van der Waals surface area contributed by atoms with E-state index in [-0.39, 0.29) is 19.0 Å². The third-order valence-corrected chi connectivity index (χ3v) is 2.73. The first-order valence-electron chi connectivity index (χ1n) is 5.71. The van der Waals surface area contributed by atoms with Gasteiger partial charge in [-0.1, -0.05) is 6.07 Å². The van der Waals surface area contributed by atoms with Crippen molar-refractivity contribution >= 4 is 5.78 Å². The standard InChI is InChI=1S/C13H16O4/c1-9(14)6-11(15)4-2-10-3-5-12-13(7-10)17-8-16-12/h3,5,7,11,15H,2,4,6,8H2,1H3. The predicted octanol–water partition coefficient (Wildman–Crippen LogP) is 1.69. The zero-order chi connectivity index (χ0) is 12.3. The molecule has 4 nitrogen and oxygen atoms in total. The number of aliphatic hydroxyl groups excluding tert-OH is 1. The van der Waals surface area contributed by atoms with Gasteiger partial charge in [-0.15, -0.1) is 0 Å². The summed E-state index contributed by atoms with van der Waals surface area (Å²) in [6, 6.07) is 5.74. The van der Waals surface area contributed by atoms with Gasteiger partial charge in [-0.2, -0.15) is 0 Å². The summed E-state index contributed by atoms with van der Waals surface area (Å²) in [6.07, 6.45) is 0.979. The Morgan fingerprint density at radius 1 is 1.41 bits per heavy atom. The molecule has 4 heteroatoms. The molecule has 0 amide bonds. The fraction of sp³-hybridized carbons (Fsp3) is 0.462. The lowest BCUT2D eigenvalue weighted by Crippen LogP contribution is -2.12. The molecule has 1 heterocycles. The summed E-state index contributed by atoms with van der Waals surface area (Å²) in [4.78, 5) is 10.8. The van der Waals surface area contributed by atoms with Gasteiger partial charge in [0.15, 0.2) is 11.5 Å². The lowest BCUT2D eigenvalue weighted by Gasteiger charge is -2.08. The van der Waals surface area contributed by atoms with Gasteiger partial charge in [0.25, 0.3) is 0 Å². The molecule has 17 heavy (non-hydrogen) atoms. The van der Waals surface area contributed by atoms with E-state index in [0.717, 1.165) is 23.5 Å². The van der Waals surface area contributed by atoms with Crippen molar-refractivity contribution in [3.05, 3.63) is 23.8 Å². The van der Waals surface area contributed by atoms with E-state index in [1.807, 2.05) is 18.2 Å². The summed E-state index contributed by atoms with van der Waals surface area (Å²) in [5.41, 5.74) is 1.08. The maximum atomic E-state index is 10.8. The number of Topliss-reactive ketones (excluding diaryl/α,β-unsaturated/α-hetero) is 1. The lowest BCUT2D eigenvalue weighted by molar-refractivity contribution is -0.118. The quantitative estimate of drug-likeness (QED) is 0.845. The number of carbonyl (C=O) groups is 1. The number of fused-ring (bicyclic) bond motifs is 1. The second-order valence-corrected chi connectivity index (χ2v) is 4.29. The number of ether oxygens (including phenoxy) is 2. The minimum absolute atomic E-state index is 0.0168. The first kappa shape index (κ1) is 11.9. The van der Waals surface area contributed by atoms with E-state index >= 15 is 0 Å². The molecule has 0 radical (unpaired) electrons. The number of rotatable bonds is 5. The van der Waals surface area contributed by atoms with E-state index in [1.165, 1.54) is 6.92 Å². The molecule has 1 aromatic carbocycles. The molecule has 0 saturated carbocycles. The zero-order valence-electron chi connectivity index (χ0n) is 9.81. The van der Waals surface area contributed by atoms with E-state index in [0.29, 0.717) is 6.42 Å². The van der Waals surface area contributed by atoms with Gasteiger partial charge in [0.1, 0.15) is 5.78 Å². The molecule has 0 spiro atoms. The summed E-state index contributed by atoms with van der Waals surface area (Å²) in [5, 5.41) is 9.60. The smallest absolute Gasteiger partial charge is 0.231 e. The summed E-state index contributed by atoms with van der Waals surface area (Å²) < 4.78 is 10.5. The van der Waals surface area contributed by atoms with Gasteiger partial charge in [0, 0.05) is 6.42 Å². The molecular weight excluding hydrogens is 220 g/mol. The average molecular weight is 236 g/mol. The normalized spacial score (nSPS) is 14.7. The van der Waals surface area contributed by atoms with Gasteiger partial charge >= 0.3 is 0 Å². The Kier molecular flexibility index (Phi) is 3.64. The van der Waals surface area contributed by atoms with Crippen LogP contribution < -0.4 is 9.47 Å². The maximum Gasteiger partial charge on any atom is 0.231 e. The van der Waals surface area contributed by atoms with Crippen LogP contribution in [0.5, 0.6) is 11.5 Å². The van der Waals surface area contributed by atoms with Crippen molar-refractivity contribution in [2.24, 2.45) is 0 Å². The van der Waals surface area contributed by atoms with Crippen LogP contribution in [-0.2, 0) is 11.2 Å². The Balaban J connectivity index is 1.89. The number of benzene rings is 1. The lowest BCUT2D eigenvalue weighted by atomic mass is 10.0. The number of hydrogen-bond acceptors (Lipinski definition) is 4.